The van der Waals surface area contributed by atoms with Crippen molar-refractivity contribution in [3.63, 3.8) is 0 Å². The first-order chi connectivity index (χ1) is 8.54. The Morgan fingerprint density at radius 1 is 1.39 bits per heavy atom. The highest BCUT2D eigenvalue weighted by atomic mass is 16.5. The highest BCUT2D eigenvalue weighted by Crippen LogP contribution is 2.19. The van der Waals surface area contributed by atoms with Crippen LogP contribution in [-0.2, 0) is 9.53 Å². The van der Waals surface area contributed by atoms with E-state index in [0.29, 0.717) is 6.61 Å². The van der Waals surface area contributed by atoms with E-state index in [2.05, 4.69) is 0 Å². The summed E-state index contributed by atoms with van der Waals surface area (Å²) < 4.78 is 4.78. The largest absolute Gasteiger partial charge is 0.507 e. The average Bonchev–Trinajstić information content (AvgIpc) is 2.31. The lowest BCUT2D eigenvalue weighted by atomic mass is 10.1. The van der Waals surface area contributed by atoms with Gasteiger partial charge in [-0.3, -0.25) is 9.59 Å². The summed E-state index contributed by atoms with van der Waals surface area (Å²) in [4.78, 5) is 22.3. The predicted octanol–water partition coefficient (Wildman–Crippen LogP) is 2.56. The third-order valence-electron chi connectivity index (χ3n) is 2.30. The van der Waals surface area contributed by atoms with Crippen LogP contribution in [0.25, 0.3) is 6.08 Å². The first-order valence-corrected chi connectivity index (χ1v) is 5.70. The number of carbonyl (C=O) groups excluding carboxylic acids is 2. The normalized spacial score (nSPS) is 10.6. The maximum absolute atomic E-state index is 11.2. The van der Waals surface area contributed by atoms with E-state index in [1.807, 2.05) is 0 Å². The minimum Gasteiger partial charge on any atom is -0.507 e. The molecule has 96 valence electrons. The van der Waals surface area contributed by atoms with Crippen LogP contribution in [-0.4, -0.2) is 23.5 Å². The van der Waals surface area contributed by atoms with Crippen LogP contribution in [0.4, 0.5) is 0 Å². The van der Waals surface area contributed by atoms with Crippen LogP contribution in [0.1, 0.15) is 36.2 Å². The van der Waals surface area contributed by atoms with Crippen molar-refractivity contribution in [1.82, 2.24) is 0 Å². The SMILES string of the molecule is CCOC(=O)CC=Cc1ccc(O)c(C(C)=O)c1. The maximum Gasteiger partial charge on any atom is 0.309 e. The summed E-state index contributed by atoms with van der Waals surface area (Å²) in [7, 11) is 0. The Hall–Kier alpha value is -2.10. The highest BCUT2D eigenvalue weighted by Gasteiger charge is 2.06. The number of phenolic OH excluding ortho intramolecular Hbond substituents is 1. The third kappa shape index (κ3) is 4.05. The lowest BCUT2D eigenvalue weighted by Crippen LogP contribution is -2.01. The molecule has 0 aromatic heterocycles. The van der Waals surface area contributed by atoms with Crippen molar-refractivity contribution >= 4 is 17.8 Å². The monoisotopic (exact) mass is 248 g/mol. The number of carbonyl (C=O) groups is 2. The molecule has 0 aliphatic heterocycles. The molecule has 0 heterocycles. The molecule has 0 amide bonds. The Bertz CT molecular complexity index is 475. The molecule has 0 aliphatic carbocycles. The number of phenols is 1. The Morgan fingerprint density at radius 2 is 2.11 bits per heavy atom. The minimum atomic E-state index is -0.292. The van der Waals surface area contributed by atoms with Gasteiger partial charge in [-0.05, 0) is 31.5 Å². The molecule has 4 heteroatoms. The second-order valence-electron chi connectivity index (χ2n) is 3.74. The fourth-order valence-electron chi connectivity index (χ4n) is 1.45. The molecule has 18 heavy (non-hydrogen) atoms. The second-order valence-corrected chi connectivity index (χ2v) is 3.74. The van der Waals surface area contributed by atoms with Crippen LogP contribution < -0.4 is 0 Å². The molecular weight excluding hydrogens is 232 g/mol. The molecule has 0 saturated heterocycles. The molecular formula is C14H16O4. The van der Waals surface area contributed by atoms with Gasteiger partial charge in [0.15, 0.2) is 5.78 Å². The van der Waals surface area contributed by atoms with Gasteiger partial charge in [0.25, 0.3) is 0 Å². The topological polar surface area (TPSA) is 63.6 Å². The number of benzene rings is 1. The van der Waals surface area contributed by atoms with Crippen LogP contribution in [0.15, 0.2) is 24.3 Å². The quantitative estimate of drug-likeness (QED) is 0.642. The third-order valence-corrected chi connectivity index (χ3v) is 2.30. The average molecular weight is 248 g/mol. The zero-order valence-corrected chi connectivity index (χ0v) is 10.5. The van der Waals surface area contributed by atoms with Gasteiger partial charge in [-0.2, -0.15) is 0 Å². The van der Waals surface area contributed by atoms with E-state index in [9.17, 15) is 14.7 Å². The van der Waals surface area contributed by atoms with Gasteiger partial charge in [0.1, 0.15) is 5.75 Å². The summed E-state index contributed by atoms with van der Waals surface area (Å²) in [5, 5.41) is 9.47. The van der Waals surface area contributed by atoms with Crippen molar-refractivity contribution < 1.29 is 19.4 Å². The molecule has 1 N–H and O–H groups in total. The number of aromatic hydroxyl groups is 1. The Labute approximate surface area is 106 Å². The van der Waals surface area contributed by atoms with Crippen LogP contribution in [0.5, 0.6) is 5.75 Å². The standard InChI is InChI=1S/C14H16O4/c1-3-18-14(17)6-4-5-11-7-8-13(16)12(9-11)10(2)15/h4-5,7-9,16H,3,6H2,1-2H3. The molecule has 4 nitrogen and oxygen atoms in total. The summed E-state index contributed by atoms with van der Waals surface area (Å²) in [6, 6.07) is 4.71. The fraction of sp³-hybridized carbons (Fsp3) is 0.286. The number of ketones is 1. The summed E-state index contributed by atoms with van der Waals surface area (Å²) in [6.45, 7) is 3.50. The van der Waals surface area contributed by atoms with Crippen LogP contribution in [0.3, 0.4) is 0 Å². The lowest BCUT2D eigenvalue weighted by Gasteiger charge is -2.02. The molecule has 0 atom stereocenters. The van der Waals surface area contributed by atoms with Gasteiger partial charge in [-0.1, -0.05) is 18.2 Å². The van der Waals surface area contributed by atoms with Crippen molar-refractivity contribution in [3.05, 3.63) is 35.4 Å². The molecule has 1 aromatic rings. The first-order valence-electron chi connectivity index (χ1n) is 5.70. The number of hydrogen-bond acceptors (Lipinski definition) is 4. The number of hydrogen-bond donors (Lipinski definition) is 1. The molecule has 0 bridgehead atoms. The lowest BCUT2D eigenvalue weighted by molar-refractivity contribution is -0.142. The second kappa shape index (κ2) is 6.59. The van der Waals surface area contributed by atoms with Crippen LogP contribution >= 0.6 is 0 Å². The Kier molecular flexibility index (Phi) is 5.11. The Balaban J connectivity index is 2.73. The summed E-state index contributed by atoms with van der Waals surface area (Å²) in [5.41, 5.74) is 1.02. The minimum absolute atomic E-state index is 0.0370. The molecule has 0 spiro atoms. The molecule has 0 radical (unpaired) electrons. The van der Waals surface area contributed by atoms with Crippen molar-refractivity contribution in [3.8, 4) is 5.75 Å². The highest BCUT2D eigenvalue weighted by molar-refractivity contribution is 5.97. The van der Waals surface area contributed by atoms with E-state index in [-0.39, 0.29) is 29.5 Å². The van der Waals surface area contributed by atoms with Crippen molar-refractivity contribution in [2.45, 2.75) is 20.3 Å². The molecule has 0 saturated carbocycles. The number of esters is 1. The summed E-state index contributed by atoms with van der Waals surface area (Å²) in [5.74, 6) is -0.530. The van der Waals surface area contributed by atoms with E-state index < -0.39 is 0 Å². The van der Waals surface area contributed by atoms with E-state index in [0.717, 1.165) is 5.56 Å². The van der Waals surface area contributed by atoms with E-state index >= 15 is 0 Å². The molecule has 0 fully saturated rings. The van der Waals surface area contributed by atoms with E-state index in [1.54, 1.807) is 31.2 Å². The van der Waals surface area contributed by atoms with E-state index in [1.165, 1.54) is 13.0 Å². The van der Waals surface area contributed by atoms with Crippen LogP contribution in [0.2, 0.25) is 0 Å². The number of Topliss-reactive ketones (excluding diaryl/α,β-unsaturated/α-hetero) is 1. The molecule has 1 rings (SSSR count). The molecule has 0 unspecified atom stereocenters. The van der Waals surface area contributed by atoms with Gasteiger partial charge in [0.2, 0.25) is 0 Å². The Morgan fingerprint density at radius 3 is 2.72 bits per heavy atom. The summed E-state index contributed by atoms with van der Waals surface area (Å²) in [6.07, 6.45) is 3.56. The fourth-order valence-corrected chi connectivity index (χ4v) is 1.45. The van der Waals surface area contributed by atoms with Gasteiger partial charge < -0.3 is 9.84 Å². The van der Waals surface area contributed by atoms with Gasteiger partial charge >= 0.3 is 5.97 Å². The van der Waals surface area contributed by atoms with Crippen LogP contribution in [0, 0.1) is 0 Å². The number of ether oxygens (including phenoxy) is 1. The maximum atomic E-state index is 11.2. The van der Waals surface area contributed by atoms with Gasteiger partial charge in [0.05, 0.1) is 18.6 Å². The molecule has 1 aromatic carbocycles. The predicted molar refractivity (Wildman–Crippen MR) is 68.4 cm³/mol. The van der Waals surface area contributed by atoms with Gasteiger partial charge in [0, 0.05) is 0 Å². The van der Waals surface area contributed by atoms with Crippen molar-refractivity contribution in [1.29, 1.82) is 0 Å². The zero-order valence-electron chi connectivity index (χ0n) is 10.5. The van der Waals surface area contributed by atoms with E-state index in [4.69, 9.17) is 4.74 Å². The smallest absolute Gasteiger partial charge is 0.309 e. The first kappa shape index (κ1) is 14.0. The van der Waals surface area contributed by atoms with Crippen molar-refractivity contribution in [2.24, 2.45) is 0 Å². The van der Waals surface area contributed by atoms with Gasteiger partial charge in [-0.15, -0.1) is 0 Å². The summed E-state index contributed by atoms with van der Waals surface area (Å²) >= 11 is 0. The number of rotatable bonds is 5. The molecule has 0 aliphatic rings. The van der Waals surface area contributed by atoms with Gasteiger partial charge in [-0.25, -0.2) is 0 Å². The van der Waals surface area contributed by atoms with Crippen molar-refractivity contribution in [2.75, 3.05) is 6.61 Å². The zero-order chi connectivity index (χ0) is 13.5.